The quantitative estimate of drug-likeness (QED) is 0.577. The molecule has 2 fully saturated rings. The minimum atomic E-state index is -0.477. The number of rotatable bonds is 7. The van der Waals surface area contributed by atoms with Crippen LogP contribution in [-0.2, 0) is 20.9 Å². The number of hydrogen-bond donors (Lipinski definition) is 0. The van der Waals surface area contributed by atoms with Crippen molar-refractivity contribution in [3.05, 3.63) is 64.6 Å². The average Bonchev–Trinajstić information content (AvgIpc) is 3.11. The molecule has 2 saturated heterocycles. The van der Waals surface area contributed by atoms with Crippen molar-refractivity contribution in [2.24, 2.45) is 0 Å². The summed E-state index contributed by atoms with van der Waals surface area (Å²) in [5.74, 6) is 0.350. The maximum Gasteiger partial charge on any atom is 0.294 e. The largest absolute Gasteiger partial charge is 0.493 e. The number of amides is 3. The molecule has 2 aliphatic heterocycles. The number of morpholine rings is 1. The summed E-state index contributed by atoms with van der Waals surface area (Å²) in [5.41, 5.74) is 1.72. The molecular weight excluding hydrogens is 444 g/mol. The van der Waals surface area contributed by atoms with Crippen LogP contribution in [0.1, 0.15) is 11.1 Å². The molecule has 2 aromatic carbocycles. The highest BCUT2D eigenvalue weighted by Crippen LogP contribution is 2.34. The van der Waals surface area contributed by atoms with Crippen LogP contribution in [0, 0.1) is 0 Å². The lowest BCUT2D eigenvalue weighted by atomic mass is 10.1. The van der Waals surface area contributed by atoms with Crippen LogP contribution >= 0.6 is 11.8 Å². The molecule has 8 nitrogen and oxygen atoms in total. The summed E-state index contributed by atoms with van der Waals surface area (Å²) in [5, 5.41) is -0.456. The summed E-state index contributed by atoms with van der Waals surface area (Å²) < 4.78 is 16.5. The molecule has 172 valence electrons. The molecule has 2 heterocycles. The van der Waals surface area contributed by atoms with Crippen LogP contribution in [0.15, 0.2) is 53.4 Å². The normalized spacial score (nSPS) is 17.5. The number of ether oxygens (including phenoxy) is 3. The van der Waals surface area contributed by atoms with E-state index in [1.54, 1.807) is 36.3 Å². The number of nitrogens with zero attached hydrogens (tertiary/aromatic N) is 2. The van der Waals surface area contributed by atoms with Crippen molar-refractivity contribution in [3.8, 4) is 11.5 Å². The fraction of sp³-hybridized carbons (Fsp3) is 0.292. The Labute approximate surface area is 196 Å². The second kappa shape index (κ2) is 10.5. The summed E-state index contributed by atoms with van der Waals surface area (Å²) in [7, 11) is 1.54. The van der Waals surface area contributed by atoms with Gasteiger partial charge in [-0.15, -0.1) is 0 Å². The molecule has 3 amide bonds. The third-order valence-electron chi connectivity index (χ3n) is 5.25. The molecule has 33 heavy (non-hydrogen) atoms. The van der Waals surface area contributed by atoms with Gasteiger partial charge in [0.2, 0.25) is 5.91 Å². The maximum atomic E-state index is 12.8. The fourth-order valence-electron chi connectivity index (χ4n) is 3.46. The molecule has 4 rings (SSSR count). The maximum absolute atomic E-state index is 12.8. The second-order valence-electron chi connectivity index (χ2n) is 7.45. The number of carbonyl (C=O) groups is 3. The summed E-state index contributed by atoms with van der Waals surface area (Å²) >= 11 is 0.822. The zero-order valence-corrected chi connectivity index (χ0v) is 19.0. The molecule has 2 aromatic rings. The van der Waals surface area contributed by atoms with Gasteiger partial charge in [-0.3, -0.25) is 19.3 Å². The number of benzene rings is 2. The summed E-state index contributed by atoms with van der Waals surface area (Å²) in [6.45, 7) is 1.97. The Morgan fingerprint density at radius 3 is 2.58 bits per heavy atom. The Morgan fingerprint density at radius 2 is 1.85 bits per heavy atom. The van der Waals surface area contributed by atoms with E-state index >= 15 is 0 Å². The van der Waals surface area contributed by atoms with Gasteiger partial charge in [0.25, 0.3) is 11.1 Å². The van der Waals surface area contributed by atoms with Crippen molar-refractivity contribution in [2.75, 3.05) is 40.0 Å². The number of hydrogen-bond acceptors (Lipinski definition) is 7. The first-order valence-electron chi connectivity index (χ1n) is 10.5. The standard InChI is InChI=1S/C24H24N2O6S/c1-30-20-13-18(7-8-19(20)32-16-17-5-3-2-4-6-17)14-21-23(28)26(24(29)33-21)15-22(27)25-9-11-31-12-10-25/h2-8,13-14H,9-12,15-16H2,1H3/b21-14-. The van der Waals surface area contributed by atoms with E-state index in [9.17, 15) is 14.4 Å². The topological polar surface area (TPSA) is 85.4 Å². The molecule has 0 saturated carbocycles. The first-order chi connectivity index (χ1) is 16.0. The average molecular weight is 469 g/mol. The van der Waals surface area contributed by atoms with Crippen LogP contribution in [0.25, 0.3) is 6.08 Å². The van der Waals surface area contributed by atoms with Gasteiger partial charge in [-0.05, 0) is 41.1 Å². The summed E-state index contributed by atoms with van der Waals surface area (Å²) in [6, 6.07) is 15.1. The van der Waals surface area contributed by atoms with Crippen molar-refractivity contribution in [1.82, 2.24) is 9.80 Å². The smallest absolute Gasteiger partial charge is 0.294 e. The van der Waals surface area contributed by atoms with E-state index in [4.69, 9.17) is 14.2 Å². The Bertz CT molecular complexity index is 1070. The first-order valence-corrected chi connectivity index (χ1v) is 11.3. The highest BCUT2D eigenvalue weighted by molar-refractivity contribution is 8.18. The third-order valence-corrected chi connectivity index (χ3v) is 6.16. The van der Waals surface area contributed by atoms with E-state index in [0.717, 1.165) is 22.2 Å². The van der Waals surface area contributed by atoms with Crippen LogP contribution in [0.4, 0.5) is 4.79 Å². The molecule has 0 bridgehead atoms. The van der Waals surface area contributed by atoms with Crippen molar-refractivity contribution in [2.45, 2.75) is 6.61 Å². The Kier molecular flexibility index (Phi) is 7.31. The molecule has 0 aromatic heterocycles. The van der Waals surface area contributed by atoms with Gasteiger partial charge in [-0.2, -0.15) is 0 Å². The SMILES string of the molecule is COc1cc(/C=C2\SC(=O)N(CC(=O)N3CCOCC3)C2=O)ccc1OCc1ccccc1. The minimum Gasteiger partial charge on any atom is -0.493 e. The monoisotopic (exact) mass is 468 g/mol. The minimum absolute atomic E-state index is 0.259. The molecule has 0 unspecified atom stereocenters. The predicted octanol–water partition coefficient (Wildman–Crippen LogP) is 3.17. The van der Waals surface area contributed by atoms with Gasteiger partial charge in [0.1, 0.15) is 13.2 Å². The van der Waals surface area contributed by atoms with Crippen LogP contribution in [0.2, 0.25) is 0 Å². The van der Waals surface area contributed by atoms with Gasteiger partial charge in [-0.25, -0.2) is 0 Å². The molecule has 0 aliphatic carbocycles. The lowest BCUT2D eigenvalue weighted by molar-refractivity contribution is -0.139. The van der Waals surface area contributed by atoms with E-state index in [2.05, 4.69) is 0 Å². The Morgan fingerprint density at radius 1 is 1.09 bits per heavy atom. The molecule has 0 atom stereocenters. The zero-order valence-electron chi connectivity index (χ0n) is 18.2. The van der Waals surface area contributed by atoms with E-state index in [1.165, 1.54) is 0 Å². The van der Waals surface area contributed by atoms with Crippen molar-refractivity contribution in [1.29, 1.82) is 0 Å². The Hall–Kier alpha value is -3.30. The molecule has 9 heteroatoms. The molecule has 0 spiro atoms. The number of methoxy groups -OCH3 is 1. The lowest BCUT2D eigenvalue weighted by Gasteiger charge is -2.28. The van der Waals surface area contributed by atoms with Crippen LogP contribution in [-0.4, -0.2) is 66.8 Å². The second-order valence-corrected chi connectivity index (χ2v) is 8.44. The van der Waals surface area contributed by atoms with Crippen molar-refractivity contribution in [3.63, 3.8) is 0 Å². The molecule has 0 N–H and O–H groups in total. The van der Waals surface area contributed by atoms with Crippen LogP contribution in [0.3, 0.4) is 0 Å². The fourth-order valence-corrected chi connectivity index (χ4v) is 4.30. The molecular formula is C24H24N2O6S. The van der Waals surface area contributed by atoms with Crippen LogP contribution in [0.5, 0.6) is 11.5 Å². The van der Waals surface area contributed by atoms with Gasteiger partial charge in [0.15, 0.2) is 11.5 Å². The zero-order chi connectivity index (χ0) is 23.2. The number of imide groups is 1. The number of thioether (sulfide) groups is 1. The summed E-state index contributed by atoms with van der Waals surface area (Å²) in [4.78, 5) is 40.5. The van der Waals surface area contributed by atoms with E-state index in [-0.39, 0.29) is 17.4 Å². The predicted molar refractivity (Wildman–Crippen MR) is 124 cm³/mol. The highest BCUT2D eigenvalue weighted by atomic mass is 32.2. The molecule has 0 radical (unpaired) electrons. The Balaban J connectivity index is 1.43. The highest BCUT2D eigenvalue weighted by Gasteiger charge is 2.37. The van der Waals surface area contributed by atoms with E-state index in [0.29, 0.717) is 50.0 Å². The van der Waals surface area contributed by atoms with Crippen molar-refractivity contribution < 1.29 is 28.6 Å². The van der Waals surface area contributed by atoms with E-state index < -0.39 is 11.1 Å². The van der Waals surface area contributed by atoms with Crippen molar-refractivity contribution >= 4 is 34.9 Å². The van der Waals surface area contributed by atoms with Gasteiger partial charge >= 0.3 is 0 Å². The third kappa shape index (κ3) is 5.55. The first kappa shape index (κ1) is 22.9. The molecule has 2 aliphatic rings. The van der Waals surface area contributed by atoms with E-state index in [1.807, 2.05) is 30.3 Å². The van der Waals surface area contributed by atoms with Gasteiger partial charge in [0, 0.05) is 13.1 Å². The number of carbonyl (C=O) groups excluding carboxylic acids is 3. The van der Waals surface area contributed by atoms with Crippen LogP contribution < -0.4 is 9.47 Å². The van der Waals surface area contributed by atoms with Gasteiger partial charge < -0.3 is 19.1 Å². The lowest BCUT2D eigenvalue weighted by Crippen LogP contribution is -2.46. The van der Waals surface area contributed by atoms with Gasteiger partial charge in [-0.1, -0.05) is 36.4 Å². The summed E-state index contributed by atoms with van der Waals surface area (Å²) in [6.07, 6.45) is 1.62. The van der Waals surface area contributed by atoms with Gasteiger partial charge in [0.05, 0.1) is 25.2 Å².